The van der Waals surface area contributed by atoms with Crippen molar-refractivity contribution in [1.82, 2.24) is 15.1 Å². The number of rotatable bonds is 4. The Morgan fingerprint density at radius 3 is 2.74 bits per heavy atom. The Morgan fingerprint density at radius 2 is 2.21 bits per heavy atom. The van der Waals surface area contributed by atoms with E-state index in [-0.39, 0.29) is 6.04 Å². The normalized spacial score (nSPS) is 12.7. The van der Waals surface area contributed by atoms with Gasteiger partial charge in [-0.15, -0.1) is 0 Å². The monoisotopic (exact) mass is 341 g/mol. The van der Waals surface area contributed by atoms with Crippen molar-refractivity contribution >= 4 is 27.5 Å². The largest absolute Gasteiger partial charge is 0.305 e. The van der Waals surface area contributed by atoms with Crippen LogP contribution < -0.4 is 5.32 Å². The molecule has 0 aliphatic carbocycles. The summed E-state index contributed by atoms with van der Waals surface area (Å²) in [5.41, 5.74) is 3.39. The Hall–Kier alpha value is -0.840. The van der Waals surface area contributed by atoms with Crippen LogP contribution in [0.2, 0.25) is 5.02 Å². The molecule has 1 unspecified atom stereocenters. The average Bonchev–Trinajstić information content (AvgIpc) is 2.70. The molecule has 1 atom stereocenters. The Bertz CT molecular complexity index is 561. The van der Waals surface area contributed by atoms with Gasteiger partial charge in [0.05, 0.1) is 23.0 Å². The zero-order valence-electron chi connectivity index (χ0n) is 11.2. The molecular weight excluding hydrogens is 326 g/mol. The highest BCUT2D eigenvalue weighted by Gasteiger charge is 2.20. The van der Waals surface area contributed by atoms with Gasteiger partial charge in [-0.05, 0) is 30.7 Å². The molecule has 0 saturated heterocycles. The topological polar surface area (TPSA) is 29.9 Å². The molecule has 5 heteroatoms. The molecule has 2 rings (SSSR count). The molecule has 1 aromatic heterocycles. The van der Waals surface area contributed by atoms with E-state index in [4.69, 9.17) is 11.6 Å². The van der Waals surface area contributed by atoms with Crippen LogP contribution in [0.25, 0.3) is 0 Å². The van der Waals surface area contributed by atoms with E-state index in [0.29, 0.717) is 5.02 Å². The van der Waals surface area contributed by atoms with Gasteiger partial charge in [-0.25, -0.2) is 0 Å². The lowest BCUT2D eigenvalue weighted by molar-refractivity contribution is 0.572. The van der Waals surface area contributed by atoms with Crippen LogP contribution in [0.15, 0.2) is 28.9 Å². The maximum Gasteiger partial charge on any atom is 0.0837 e. The number of benzene rings is 1. The van der Waals surface area contributed by atoms with Gasteiger partial charge in [-0.3, -0.25) is 4.68 Å². The molecule has 0 aliphatic heterocycles. The molecule has 102 valence electrons. The second-order valence-corrected chi connectivity index (χ2v) is 5.76. The number of hydrogen-bond donors (Lipinski definition) is 1. The number of nitrogens with zero attached hydrogens (tertiary/aromatic N) is 2. The minimum atomic E-state index is 0.0526. The standard InChI is InChI=1S/C14H17BrClN3/c1-4-17-13(14-12(16)8-18-19(14)3)10-5-6-11(15)9(2)7-10/h5-8,13,17H,4H2,1-3H3. The van der Waals surface area contributed by atoms with Crippen LogP contribution >= 0.6 is 27.5 Å². The van der Waals surface area contributed by atoms with Gasteiger partial charge in [0.1, 0.15) is 0 Å². The smallest absolute Gasteiger partial charge is 0.0837 e. The number of aromatic nitrogens is 2. The molecule has 0 bridgehead atoms. The summed E-state index contributed by atoms with van der Waals surface area (Å²) in [7, 11) is 1.91. The van der Waals surface area contributed by atoms with Crippen molar-refractivity contribution in [2.75, 3.05) is 6.54 Å². The molecule has 0 spiro atoms. The molecule has 3 nitrogen and oxygen atoms in total. The van der Waals surface area contributed by atoms with Gasteiger partial charge in [0.25, 0.3) is 0 Å². The summed E-state index contributed by atoms with van der Waals surface area (Å²) in [6.07, 6.45) is 1.69. The number of halogens is 2. The lowest BCUT2D eigenvalue weighted by Gasteiger charge is -2.20. The average molecular weight is 343 g/mol. The molecule has 1 heterocycles. The van der Waals surface area contributed by atoms with Crippen molar-refractivity contribution in [3.63, 3.8) is 0 Å². The molecule has 2 aromatic rings. The van der Waals surface area contributed by atoms with Crippen LogP contribution in [0.5, 0.6) is 0 Å². The maximum absolute atomic E-state index is 6.26. The summed E-state index contributed by atoms with van der Waals surface area (Å²) in [5.74, 6) is 0. The third kappa shape index (κ3) is 3.02. The third-order valence-corrected chi connectivity index (χ3v) is 4.32. The lowest BCUT2D eigenvalue weighted by Crippen LogP contribution is -2.24. The van der Waals surface area contributed by atoms with Crippen LogP contribution in [0.4, 0.5) is 0 Å². The van der Waals surface area contributed by atoms with E-state index in [1.165, 1.54) is 11.1 Å². The molecule has 0 saturated carbocycles. The van der Waals surface area contributed by atoms with E-state index in [2.05, 4.69) is 58.4 Å². The Balaban J connectivity index is 2.48. The fourth-order valence-corrected chi connectivity index (χ4v) is 2.69. The second-order valence-electron chi connectivity index (χ2n) is 4.50. The Morgan fingerprint density at radius 1 is 1.47 bits per heavy atom. The molecule has 0 fully saturated rings. The molecule has 1 aromatic carbocycles. The first-order chi connectivity index (χ1) is 9.04. The van der Waals surface area contributed by atoms with Gasteiger partial charge in [0.2, 0.25) is 0 Å². The highest BCUT2D eigenvalue weighted by Crippen LogP contribution is 2.29. The summed E-state index contributed by atoms with van der Waals surface area (Å²) in [6.45, 7) is 5.03. The van der Waals surface area contributed by atoms with Crippen molar-refractivity contribution in [2.45, 2.75) is 19.9 Å². The SMILES string of the molecule is CCNC(c1ccc(Br)c(C)c1)c1c(Cl)cnn1C. The molecule has 0 aliphatic rings. The van der Waals surface area contributed by atoms with E-state index in [1.807, 2.05) is 11.7 Å². The van der Waals surface area contributed by atoms with Gasteiger partial charge in [-0.1, -0.05) is 46.6 Å². The van der Waals surface area contributed by atoms with E-state index in [0.717, 1.165) is 16.7 Å². The number of aryl methyl sites for hydroxylation is 2. The Kier molecular flexibility index (Phi) is 4.66. The summed E-state index contributed by atoms with van der Waals surface area (Å²) in [4.78, 5) is 0. The molecule has 1 N–H and O–H groups in total. The van der Waals surface area contributed by atoms with E-state index < -0.39 is 0 Å². The maximum atomic E-state index is 6.26. The fourth-order valence-electron chi connectivity index (χ4n) is 2.17. The van der Waals surface area contributed by atoms with Crippen molar-refractivity contribution in [1.29, 1.82) is 0 Å². The zero-order chi connectivity index (χ0) is 14.0. The highest BCUT2D eigenvalue weighted by molar-refractivity contribution is 9.10. The number of nitrogens with one attached hydrogen (secondary N) is 1. The van der Waals surface area contributed by atoms with E-state index in [9.17, 15) is 0 Å². The summed E-state index contributed by atoms with van der Waals surface area (Å²) in [5, 5.41) is 8.38. The van der Waals surface area contributed by atoms with Crippen molar-refractivity contribution in [3.05, 3.63) is 50.7 Å². The third-order valence-electron chi connectivity index (χ3n) is 3.13. The predicted molar refractivity (Wildman–Crippen MR) is 82.6 cm³/mol. The first-order valence-corrected chi connectivity index (χ1v) is 7.38. The molecule has 0 radical (unpaired) electrons. The fraction of sp³-hybridized carbons (Fsp3) is 0.357. The van der Waals surface area contributed by atoms with Crippen LogP contribution in [-0.4, -0.2) is 16.3 Å². The van der Waals surface area contributed by atoms with Crippen LogP contribution in [0.3, 0.4) is 0 Å². The summed E-state index contributed by atoms with van der Waals surface area (Å²) in [6, 6.07) is 6.39. The molecule has 0 amide bonds. The van der Waals surface area contributed by atoms with Gasteiger partial charge < -0.3 is 5.32 Å². The Labute approximate surface area is 127 Å². The summed E-state index contributed by atoms with van der Waals surface area (Å²) >= 11 is 9.80. The van der Waals surface area contributed by atoms with Crippen molar-refractivity contribution < 1.29 is 0 Å². The minimum absolute atomic E-state index is 0.0526. The first kappa shape index (κ1) is 14.6. The first-order valence-electron chi connectivity index (χ1n) is 6.21. The highest BCUT2D eigenvalue weighted by atomic mass is 79.9. The second kappa shape index (κ2) is 6.07. The number of hydrogen-bond acceptors (Lipinski definition) is 2. The van der Waals surface area contributed by atoms with Crippen molar-refractivity contribution in [3.8, 4) is 0 Å². The van der Waals surface area contributed by atoms with Gasteiger partial charge in [0, 0.05) is 11.5 Å². The predicted octanol–water partition coefficient (Wildman–Crippen LogP) is 3.84. The van der Waals surface area contributed by atoms with Crippen LogP contribution in [0, 0.1) is 6.92 Å². The molecular formula is C14H17BrClN3. The van der Waals surface area contributed by atoms with Gasteiger partial charge in [-0.2, -0.15) is 5.10 Å². The van der Waals surface area contributed by atoms with Crippen LogP contribution in [-0.2, 0) is 7.05 Å². The van der Waals surface area contributed by atoms with Crippen molar-refractivity contribution in [2.24, 2.45) is 7.05 Å². The van der Waals surface area contributed by atoms with Crippen LogP contribution in [0.1, 0.15) is 29.8 Å². The molecule has 19 heavy (non-hydrogen) atoms. The van der Waals surface area contributed by atoms with Gasteiger partial charge in [0.15, 0.2) is 0 Å². The van der Waals surface area contributed by atoms with Gasteiger partial charge >= 0.3 is 0 Å². The quantitative estimate of drug-likeness (QED) is 0.915. The lowest BCUT2D eigenvalue weighted by atomic mass is 10.0. The van der Waals surface area contributed by atoms with E-state index >= 15 is 0 Å². The summed E-state index contributed by atoms with van der Waals surface area (Å²) < 4.78 is 2.94. The zero-order valence-corrected chi connectivity index (χ0v) is 13.6. The minimum Gasteiger partial charge on any atom is -0.305 e. The van der Waals surface area contributed by atoms with E-state index in [1.54, 1.807) is 6.20 Å².